The minimum Gasteiger partial charge on any atom is -0.351 e. The van der Waals surface area contributed by atoms with Gasteiger partial charge in [0.05, 0.1) is 11.3 Å². The predicted octanol–water partition coefficient (Wildman–Crippen LogP) is 2.35. The maximum Gasteiger partial charge on any atom is 0.263 e. The van der Waals surface area contributed by atoms with E-state index in [1.54, 1.807) is 0 Å². The molecule has 0 spiro atoms. The molecule has 2 amide bonds. The lowest BCUT2D eigenvalue weighted by molar-refractivity contribution is 0.0958. The first-order valence-corrected chi connectivity index (χ1v) is 7.40. The van der Waals surface area contributed by atoms with Crippen molar-refractivity contribution in [3.63, 3.8) is 0 Å². The van der Waals surface area contributed by atoms with E-state index in [-0.39, 0.29) is 16.6 Å². The number of anilines is 1. The summed E-state index contributed by atoms with van der Waals surface area (Å²) in [6.45, 7) is 0.588. The average molecular weight is 323 g/mol. The summed E-state index contributed by atoms with van der Waals surface area (Å²) in [7, 11) is 0. The third-order valence-electron chi connectivity index (χ3n) is 3.18. The molecule has 0 atom stereocenters. The predicted molar refractivity (Wildman–Crippen MR) is 77.1 cm³/mol. The van der Waals surface area contributed by atoms with Gasteiger partial charge in [-0.2, -0.15) is 0 Å². The molecule has 0 bridgehead atoms. The van der Waals surface area contributed by atoms with Crippen LogP contribution in [-0.2, 0) is 6.42 Å². The summed E-state index contributed by atoms with van der Waals surface area (Å²) in [6.07, 6.45) is 1.40. The van der Waals surface area contributed by atoms with Gasteiger partial charge in [0.2, 0.25) is 0 Å². The number of nitrogens with one attached hydrogen (secondary N) is 2. The zero-order chi connectivity index (χ0) is 15.7. The minimum atomic E-state index is -0.951. The quantitative estimate of drug-likeness (QED) is 0.891. The van der Waals surface area contributed by atoms with E-state index in [2.05, 4.69) is 15.6 Å². The van der Waals surface area contributed by atoms with Gasteiger partial charge in [-0.3, -0.25) is 14.9 Å². The van der Waals surface area contributed by atoms with Crippen molar-refractivity contribution in [2.75, 3.05) is 11.9 Å². The number of hydrogen-bond acceptors (Lipinski definition) is 4. The van der Waals surface area contributed by atoms with E-state index >= 15 is 0 Å². The Morgan fingerprint density at radius 3 is 2.95 bits per heavy atom. The Kier molecular flexibility index (Phi) is 3.84. The zero-order valence-electron chi connectivity index (χ0n) is 11.3. The summed E-state index contributed by atoms with van der Waals surface area (Å²) in [5.74, 6) is -2.67. The average Bonchev–Trinajstić information content (AvgIpc) is 2.78. The summed E-state index contributed by atoms with van der Waals surface area (Å²) >= 11 is 1.04. The number of carbonyl (C=O) groups excluding carboxylic acids is 2. The van der Waals surface area contributed by atoms with Crippen LogP contribution < -0.4 is 10.6 Å². The Balaban J connectivity index is 1.83. The Morgan fingerprint density at radius 1 is 1.36 bits per heavy atom. The molecule has 0 aliphatic carbocycles. The lowest BCUT2D eigenvalue weighted by atomic mass is 10.2. The molecule has 8 heteroatoms. The van der Waals surface area contributed by atoms with E-state index in [1.807, 2.05) is 0 Å². The van der Waals surface area contributed by atoms with Gasteiger partial charge in [0.15, 0.2) is 5.13 Å². The van der Waals surface area contributed by atoms with Crippen LogP contribution in [0.1, 0.15) is 32.1 Å². The number of nitrogens with zero attached hydrogens (tertiary/aromatic N) is 1. The van der Waals surface area contributed by atoms with Crippen LogP contribution in [0, 0.1) is 11.6 Å². The van der Waals surface area contributed by atoms with Crippen molar-refractivity contribution in [3.8, 4) is 0 Å². The van der Waals surface area contributed by atoms with Crippen molar-refractivity contribution in [1.29, 1.82) is 0 Å². The summed E-state index contributed by atoms with van der Waals surface area (Å²) in [4.78, 5) is 28.5. The van der Waals surface area contributed by atoms with E-state index in [0.717, 1.165) is 29.9 Å². The van der Waals surface area contributed by atoms with Gasteiger partial charge in [-0.15, -0.1) is 0 Å². The van der Waals surface area contributed by atoms with Crippen LogP contribution in [0.4, 0.5) is 13.9 Å². The summed E-state index contributed by atoms with van der Waals surface area (Å²) < 4.78 is 26.4. The second-order valence-electron chi connectivity index (χ2n) is 4.73. The number of aromatic nitrogens is 1. The standard InChI is InChI=1S/C14H11F2N3O2S/c15-7-3-4-8(9(16)6-7)12(20)19-14-18-10-2-1-5-17-13(21)11(10)22-14/h3-4,6H,1-2,5H2,(H,17,21)(H,18,19,20). The summed E-state index contributed by atoms with van der Waals surface area (Å²) in [5, 5.41) is 5.39. The molecule has 1 aliphatic rings. The molecule has 0 fully saturated rings. The number of rotatable bonds is 2. The molecule has 0 saturated heterocycles. The van der Waals surface area contributed by atoms with Gasteiger partial charge < -0.3 is 5.32 Å². The lowest BCUT2D eigenvalue weighted by Gasteiger charge is -2.03. The van der Waals surface area contributed by atoms with Crippen molar-refractivity contribution < 1.29 is 18.4 Å². The number of thiazole rings is 1. The fraction of sp³-hybridized carbons (Fsp3) is 0.214. The first-order chi connectivity index (χ1) is 10.5. The van der Waals surface area contributed by atoms with E-state index in [9.17, 15) is 18.4 Å². The third kappa shape index (κ3) is 2.82. The highest BCUT2D eigenvalue weighted by atomic mass is 32.1. The van der Waals surface area contributed by atoms with Crippen molar-refractivity contribution in [2.45, 2.75) is 12.8 Å². The van der Waals surface area contributed by atoms with Gasteiger partial charge in [-0.25, -0.2) is 13.8 Å². The molecule has 22 heavy (non-hydrogen) atoms. The molecule has 0 radical (unpaired) electrons. The van der Waals surface area contributed by atoms with Crippen LogP contribution in [0.2, 0.25) is 0 Å². The minimum absolute atomic E-state index is 0.218. The molecule has 1 aromatic carbocycles. The van der Waals surface area contributed by atoms with Crippen LogP contribution in [0.15, 0.2) is 18.2 Å². The summed E-state index contributed by atoms with van der Waals surface area (Å²) in [6, 6.07) is 2.70. The third-order valence-corrected chi connectivity index (χ3v) is 4.19. The molecule has 1 aliphatic heterocycles. The zero-order valence-corrected chi connectivity index (χ0v) is 12.1. The molecule has 5 nitrogen and oxygen atoms in total. The Hall–Kier alpha value is -2.35. The molecular weight excluding hydrogens is 312 g/mol. The molecule has 0 unspecified atom stereocenters. The second kappa shape index (κ2) is 5.80. The Bertz CT molecular complexity index is 761. The van der Waals surface area contributed by atoms with Crippen molar-refractivity contribution in [1.82, 2.24) is 10.3 Å². The molecule has 2 aromatic rings. The van der Waals surface area contributed by atoms with Crippen LogP contribution >= 0.6 is 11.3 Å². The first kappa shape index (κ1) is 14.6. The van der Waals surface area contributed by atoms with E-state index < -0.39 is 17.5 Å². The molecule has 0 saturated carbocycles. The fourth-order valence-corrected chi connectivity index (χ4v) is 3.05. The maximum atomic E-state index is 13.6. The Labute approximate surface area is 128 Å². The van der Waals surface area contributed by atoms with Gasteiger partial charge in [0, 0.05) is 12.6 Å². The highest BCUT2D eigenvalue weighted by Gasteiger charge is 2.22. The van der Waals surface area contributed by atoms with Crippen molar-refractivity contribution in [3.05, 3.63) is 46.0 Å². The lowest BCUT2D eigenvalue weighted by Crippen LogP contribution is -2.21. The van der Waals surface area contributed by atoms with Crippen LogP contribution in [-0.4, -0.2) is 23.3 Å². The van der Waals surface area contributed by atoms with E-state index in [1.165, 1.54) is 0 Å². The monoisotopic (exact) mass is 323 g/mol. The second-order valence-corrected chi connectivity index (χ2v) is 5.73. The maximum absolute atomic E-state index is 13.6. The van der Waals surface area contributed by atoms with Crippen molar-refractivity contribution in [2.24, 2.45) is 0 Å². The van der Waals surface area contributed by atoms with Gasteiger partial charge in [0.1, 0.15) is 16.5 Å². The van der Waals surface area contributed by atoms with E-state index in [0.29, 0.717) is 29.6 Å². The number of aryl methyl sites for hydroxylation is 1. The largest absolute Gasteiger partial charge is 0.351 e. The number of amides is 2. The smallest absolute Gasteiger partial charge is 0.263 e. The van der Waals surface area contributed by atoms with Gasteiger partial charge >= 0.3 is 0 Å². The SMILES string of the molecule is O=C(Nc1nc2c(s1)C(=O)NCCC2)c1ccc(F)cc1F. The number of hydrogen-bond donors (Lipinski definition) is 2. The van der Waals surface area contributed by atoms with Gasteiger partial charge in [0.25, 0.3) is 11.8 Å². The number of halogens is 2. The number of fused-ring (bicyclic) bond motifs is 1. The molecule has 1 aromatic heterocycles. The van der Waals surface area contributed by atoms with Gasteiger partial charge in [-0.05, 0) is 25.0 Å². The molecule has 2 N–H and O–H groups in total. The normalized spacial score (nSPS) is 14.0. The molecule has 114 valence electrons. The molecule has 2 heterocycles. The Morgan fingerprint density at radius 2 is 2.18 bits per heavy atom. The fourth-order valence-electron chi connectivity index (χ4n) is 2.13. The van der Waals surface area contributed by atoms with Gasteiger partial charge in [-0.1, -0.05) is 11.3 Å². The van der Waals surface area contributed by atoms with Crippen LogP contribution in [0.25, 0.3) is 0 Å². The number of benzene rings is 1. The van der Waals surface area contributed by atoms with Crippen LogP contribution in [0.3, 0.4) is 0 Å². The molecular formula is C14H11F2N3O2S. The summed E-state index contributed by atoms with van der Waals surface area (Å²) in [5.41, 5.74) is 0.339. The highest BCUT2D eigenvalue weighted by molar-refractivity contribution is 7.17. The van der Waals surface area contributed by atoms with Crippen molar-refractivity contribution >= 4 is 28.3 Å². The van der Waals surface area contributed by atoms with Crippen LogP contribution in [0.5, 0.6) is 0 Å². The van der Waals surface area contributed by atoms with E-state index in [4.69, 9.17) is 0 Å². The molecule has 3 rings (SSSR count). The number of carbonyl (C=O) groups is 2. The first-order valence-electron chi connectivity index (χ1n) is 6.59. The highest BCUT2D eigenvalue weighted by Crippen LogP contribution is 2.26. The topological polar surface area (TPSA) is 71.1 Å².